The fourth-order valence-corrected chi connectivity index (χ4v) is 3.80. The highest BCUT2D eigenvalue weighted by Crippen LogP contribution is 2.45. The summed E-state index contributed by atoms with van der Waals surface area (Å²) in [6.45, 7) is 6.52. The molecule has 0 aliphatic heterocycles. The van der Waals surface area contributed by atoms with Crippen LogP contribution in [0.15, 0.2) is 12.1 Å². The summed E-state index contributed by atoms with van der Waals surface area (Å²) >= 11 is 13.0. The van der Waals surface area contributed by atoms with E-state index in [9.17, 15) is 0 Å². The van der Waals surface area contributed by atoms with Crippen LogP contribution in [-0.2, 0) is 0 Å². The summed E-state index contributed by atoms with van der Waals surface area (Å²) in [4.78, 5) is 0. The first kappa shape index (κ1) is 13.2. The van der Waals surface area contributed by atoms with Crippen LogP contribution in [0.4, 0.5) is 0 Å². The van der Waals surface area contributed by atoms with E-state index in [2.05, 4.69) is 26.8 Å². The van der Waals surface area contributed by atoms with Gasteiger partial charge in [-0.1, -0.05) is 37.4 Å². The third-order valence-corrected chi connectivity index (χ3v) is 5.10. The van der Waals surface area contributed by atoms with E-state index in [-0.39, 0.29) is 5.38 Å². The average molecular weight is 271 g/mol. The second-order valence-electron chi connectivity index (χ2n) is 5.43. The Balaban J connectivity index is 2.30. The molecule has 2 rings (SSSR count). The first-order valence-corrected chi connectivity index (χ1v) is 7.23. The van der Waals surface area contributed by atoms with Gasteiger partial charge in [-0.3, -0.25) is 0 Å². The number of aryl methyl sites for hydroxylation is 2. The molecule has 0 N–H and O–H groups in total. The summed E-state index contributed by atoms with van der Waals surface area (Å²) in [5.41, 5.74) is 3.64. The minimum absolute atomic E-state index is 0.0688. The highest BCUT2D eigenvalue weighted by Gasteiger charge is 2.31. The van der Waals surface area contributed by atoms with Crippen molar-refractivity contribution in [2.45, 2.75) is 45.4 Å². The van der Waals surface area contributed by atoms with Gasteiger partial charge in [0.25, 0.3) is 0 Å². The SMILES string of the molecule is Cc1cc(Cl)c(C(Cl)C2CCCC2C)cc1C. The number of hydrogen-bond acceptors (Lipinski definition) is 0. The maximum absolute atomic E-state index is 6.65. The first-order chi connectivity index (χ1) is 8.00. The predicted octanol–water partition coefficient (Wildman–Crippen LogP) is 5.67. The molecular formula is C15H20Cl2. The second kappa shape index (κ2) is 5.20. The Morgan fingerprint density at radius 2 is 1.82 bits per heavy atom. The van der Waals surface area contributed by atoms with Crippen molar-refractivity contribution >= 4 is 23.2 Å². The predicted molar refractivity (Wildman–Crippen MR) is 76.0 cm³/mol. The van der Waals surface area contributed by atoms with Gasteiger partial charge in [-0.25, -0.2) is 0 Å². The molecule has 3 unspecified atom stereocenters. The van der Waals surface area contributed by atoms with Crippen LogP contribution >= 0.6 is 23.2 Å². The molecule has 0 radical (unpaired) electrons. The van der Waals surface area contributed by atoms with Gasteiger partial charge in [0.05, 0.1) is 5.38 Å². The van der Waals surface area contributed by atoms with E-state index in [1.807, 2.05) is 6.07 Å². The molecule has 1 fully saturated rings. The van der Waals surface area contributed by atoms with Crippen LogP contribution < -0.4 is 0 Å². The number of benzene rings is 1. The van der Waals surface area contributed by atoms with Crippen molar-refractivity contribution in [3.8, 4) is 0 Å². The molecule has 0 spiro atoms. The minimum atomic E-state index is 0.0688. The van der Waals surface area contributed by atoms with Gasteiger partial charge in [-0.15, -0.1) is 11.6 Å². The fourth-order valence-electron chi connectivity index (χ4n) is 2.85. The normalized spacial score (nSPS) is 26.2. The molecule has 0 amide bonds. The van der Waals surface area contributed by atoms with Crippen molar-refractivity contribution in [2.75, 3.05) is 0 Å². The lowest BCUT2D eigenvalue weighted by Crippen LogP contribution is -2.11. The van der Waals surface area contributed by atoms with Crippen LogP contribution in [-0.4, -0.2) is 0 Å². The molecule has 2 heteroatoms. The number of halogens is 2. The Kier molecular flexibility index (Phi) is 4.05. The van der Waals surface area contributed by atoms with Crippen molar-refractivity contribution in [2.24, 2.45) is 11.8 Å². The molecule has 0 nitrogen and oxygen atoms in total. The molecule has 94 valence electrons. The van der Waals surface area contributed by atoms with E-state index in [1.54, 1.807) is 0 Å². The molecule has 0 aromatic heterocycles. The van der Waals surface area contributed by atoms with Crippen LogP contribution in [0.1, 0.15) is 48.3 Å². The van der Waals surface area contributed by atoms with Gasteiger partial charge in [0.15, 0.2) is 0 Å². The number of rotatable bonds is 2. The maximum Gasteiger partial charge on any atom is 0.0630 e. The quantitative estimate of drug-likeness (QED) is 0.607. The van der Waals surface area contributed by atoms with Crippen molar-refractivity contribution in [1.82, 2.24) is 0 Å². The molecule has 1 aromatic carbocycles. The zero-order valence-electron chi connectivity index (χ0n) is 10.8. The summed E-state index contributed by atoms with van der Waals surface area (Å²) in [5, 5.41) is 0.895. The third kappa shape index (κ3) is 2.63. The Morgan fingerprint density at radius 3 is 2.41 bits per heavy atom. The number of alkyl halides is 1. The zero-order valence-corrected chi connectivity index (χ0v) is 12.3. The van der Waals surface area contributed by atoms with Crippen LogP contribution in [0.3, 0.4) is 0 Å². The molecule has 0 heterocycles. The molecule has 1 aliphatic rings. The van der Waals surface area contributed by atoms with Gasteiger partial charge >= 0.3 is 0 Å². The third-order valence-electron chi connectivity index (χ3n) is 4.21. The van der Waals surface area contributed by atoms with Crippen molar-refractivity contribution in [3.63, 3.8) is 0 Å². The fraction of sp³-hybridized carbons (Fsp3) is 0.600. The first-order valence-electron chi connectivity index (χ1n) is 6.41. The Bertz CT molecular complexity index is 412. The summed E-state index contributed by atoms with van der Waals surface area (Å²) in [7, 11) is 0. The topological polar surface area (TPSA) is 0 Å². The maximum atomic E-state index is 6.65. The average Bonchev–Trinajstić information content (AvgIpc) is 2.69. The monoisotopic (exact) mass is 270 g/mol. The van der Waals surface area contributed by atoms with Gasteiger partial charge < -0.3 is 0 Å². The van der Waals surface area contributed by atoms with Crippen LogP contribution in [0.2, 0.25) is 5.02 Å². The molecule has 1 aliphatic carbocycles. The molecule has 17 heavy (non-hydrogen) atoms. The molecule has 0 saturated heterocycles. The Morgan fingerprint density at radius 1 is 1.18 bits per heavy atom. The summed E-state index contributed by atoms with van der Waals surface area (Å²) in [6, 6.07) is 4.21. The summed E-state index contributed by atoms with van der Waals surface area (Å²) < 4.78 is 0. The molecule has 3 atom stereocenters. The summed E-state index contributed by atoms with van der Waals surface area (Å²) in [6.07, 6.45) is 3.84. The second-order valence-corrected chi connectivity index (χ2v) is 6.31. The van der Waals surface area contributed by atoms with Crippen LogP contribution in [0.25, 0.3) is 0 Å². The van der Waals surface area contributed by atoms with Crippen LogP contribution in [0.5, 0.6) is 0 Å². The van der Waals surface area contributed by atoms with Gasteiger partial charge in [0.1, 0.15) is 0 Å². The van der Waals surface area contributed by atoms with E-state index in [4.69, 9.17) is 23.2 Å². The molecular weight excluding hydrogens is 251 g/mol. The standard InChI is InChI=1S/C15H20Cl2/c1-9-5-4-6-12(9)15(17)13-7-10(2)11(3)8-14(13)16/h7-9,12,15H,4-6H2,1-3H3. The van der Waals surface area contributed by atoms with Gasteiger partial charge in [0, 0.05) is 5.02 Å². The van der Waals surface area contributed by atoms with Crippen LogP contribution in [0, 0.1) is 25.7 Å². The highest BCUT2D eigenvalue weighted by molar-refractivity contribution is 6.33. The van der Waals surface area contributed by atoms with E-state index < -0.39 is 0 Å². The van der Waals surface area contributed by atoms with Gasteiger partial charge in [-0.2, -0.15) is 0 Å². The molecule has 0 bridgehead atoms. The van der Waals surface area contributed by atoms with Crippen molar-refractivity contribution in [3.05, 3.63) is 33.8 Å². The summed E-state index contributed by atoms with van der Waals surface area (Å²) in [5.74, 6) is 1.30. The Hall–Kier alpha value is -0.200. The lowest BCUT2D eigenvalue weighted by Gasteiger charge is -2.23. The van der Waals surface area contributed by atoms with Gasteiger partial charge in [-0.05, 0) is 54.9 Å². The van der Waals surface area contributed by atoms with Gasteiger partial charge in [0.2, 0.25) is 0 Å². The number of hydrogen-bond donors (Lipinski definition) is 0. The highest BCUT2D eigenvalue weighted by atomic mass is 35.5. The van der Waals surface area contributed by atoms with Crippen molar-refractivity contribution < 1.29 is 0 Å². The van der Waals surface area contributed by atoms with E-state index in [1.165, 1.54) is 30.4 Å². The minimum Gasteiger partial charge on any atom is -0.117 e. The molecule has 1 aromatic rings. The largest absolute Gasteiger partial charge is 0.117 e. The van der Waals surface area contributed by atoms with E-state index in [0.717, 1.165) is 16.5 Å². The smallest absolute Gasteiger partial charge is 0.0630 e. The van der Waals surface area contributed by atoms with E-state index in [0.29, 0.717) is 5.92 Å². The lowest BCUT2D eigenvalue weighted by atomic mass is 9.89. The zero-order chi connectivity index (χ0) is 12.6. The van der Waals surface area contributed by atoms with E-state index >= 15 is 0 Å². The Labute approximate surface area is 114 Å². The molecule has 1 saturated carbocycles. The van der Waals surface area contributed by atoms with Crippen molar-refractivity contribution in [1.29, 1.82) is 0 Å². The lowest BCUT2D eigenvalue weighted by molar-refractivity contribution is 0.406.